The van der Waals surface area contributed by atoms with Crippen LogP contribution in [0.25, 0.3) is 0 Å². The summed E-state index contributed by atoms with van der Waals surface area (Å²) >= 11 is 0. The summed E-state index contributed by atoms with van der Waals surface area (Å²) in [5, 5.41) is 2.65. The number of halogens is 2. The Kier molecular flexibility index (Phi) is 5.70. The lowest BCUT2D eigenvalue weighted by molar-refractivity contribution is -0.142. The first-order chi connectivity index (χ1) is 13.6. The highest BCUT2D eigenvalue weighted by Gasteiger charge is 2.69. The Morgan fingerprint density at radius 3 is 2.20 bits per heavy atom. The molecule has 1 heterocycles. The van der Waals surface area contributed by atoms with Gasteiger partial charge >= 0.3 is 6.09 Å². The maximum Gasteiger partial charge on any atom is 0.408 e. The molecule has 30 heavy (non-hydrogen) atoms. The van der Waals surface area contributed by atoms with Crippen LogP contribution in [0.1, 0.15) is 67.2 Å². The summed E-state index contributed by atoms with van der Waals surface area (Å²) in [5.41, 5.74) is -0.743. The second-order valence-corrected chi connectivity index (χ2v) is 10.8. The molecule has 0 bridgehead atoms. The first-order valence-corrected chi connectivity index (χ1v) is 10.8. The molecule has 3 aliphatic rings. The van der Waals surface area contributed by atoms with Gasteiger partial charge in [0.15, 0.2) is 5.78 Å². The summed E-state index contributed by atoms with van der Waals surface area (Å²) in [7, 11) is 0. The molecule has 1 aliphatic heterocycles. The number of rotatable bonds is 4. The fourth-order valence-corrected chi connectivity index (χ4v) is 5.37. The molecule has 1 unspecified atom stereocenters. The van der Waals surface area contributed by atoms with Gasteiger partial charge in [0.05, 0.1) is 6.04 Å². The molecular formula is C22H34F2N2O4. The lowest BCUT2D eigenvalue weighted by atomic mass is 9.81. The van der Waals surface area contributed by atoms with Gasteiger partial charge in [-0.2, -0.15) is 0 Å². The minimum Gasteiger partial charge on any atom is -0.444 e. The molecule has 4 atom stereocenters. The van der Waals surface area contributed by atoms with Crippen molar-refractivity contribution in [3.63, 3.8) is 0 Å². The Labute approximate surface area is 177 Å². The number of carbonyl (C=O) groups is 3. The average Bonchev–Trinajstić information content (AvgIpc) is 2.93. The van der Waals surface area contributed by atoms with E-state index in [9.17, 15) is 23.2 Å². The van der Waals surface area contributed by atoms with E-state index in [2.05, 4.69) is 19.2 Å². The minimum absolute atomic E-state index is 0.00804. The molecule has 0 spiro atoms. The van der Waals surface area contributed by atoms with Gasteiger partial charge in [-0.05, 0) is 63.7 Å². The summed E-state index contributed by atoms with van der Waals surface area (Å²) in [4.78, 5) is 39.9. The van der Waals surface area contributed by atoms with Crippen LogP contribution in [0.2, 0.25) is 0 Å². The predicted molar refractivity (Wildman–Crippen MR) is 107 cm³/mol. The number of fused-ring (bicyclic) bond motifs is 1. The van der Waals surface area contributed by atoms with Crippen molar-refractivity contribution in [2.45, 2.75) is 90.8 Å². The number of amides is 2. The number of alkyl halides is 2. The fraction of sp³-hybridized carbons (Fsp3) is 0.864. The van der Waals surface area contributed by atoms with E-state index in [1.165, 1.54) is 6.92 Å². The van der Waals surface area contributed by atoms with Crippen LogP contribution in [0.3, 0.4) is 0 Å². The Morgan fingerprint density at radius 2 is 1.70 bits per heavy atom. The number of nitrogens with one attached hydrogen (secondary N) is 1. The van der Waals surface area contributed by atoms with Gasteiger partial charge in [0.2, 0.25) is 11.8 Å². The highest BCUT2D eigenvalue weighted by atomic mass is 19.3. The predicted octanol–water partition coefficient (Wildman–Crippen LogP) is 3.78. The number of Topliss-reactive ketones (excluding diaryl/α,β-unsaturated/α-hetero) is 1. The van der Waals surface area contributed by atoms with Crippen molar-refractivity contribution < 1.29 is 27.9 Å². The Morgan fingerprint density at radius 1 is 1.13 bits per heavy atom. The molecule has 6 nitrogen and oxygen atoms in total. The summed E-state index contributed by atoms with van der Waals surface area (Å²) in [5.74, 6) is -3.24. The molecule has 0 aromatic carbocycles. The van der Waals surface area contributed by atoms with Crippen LogP contribution in [0.4, 0.5) is 13.6 Å². The number of ketones is 1. The smallest absolute Gasteiger partial charge is 0.408 e. The number of alkyl carbamates (subject to hydrolysis) is 1. The normalized spacial score (nSPS) is 30.9. The summed E-state index contributed by atoms with van der Waals surface area (Å²) in [6.07, 6.45) is -1.11. The molecule has 1 saturated heterocycles. The Balaban J connectivity index is 1.80. The van der Waals surface area contributed by atoms with Crippen molar-refractivity contribution in [2.24, 2.45) is 23.2 Å². The average molecular weight is 429 g/mol. The molecule has 2 aliphatic carbocycles. The second-order valence-electron chi connectivity index (χ2n) is 10.8. The lowest BCUT2D eigenvalue weighted by Crippen LogP contribution is -2.57. The monoisotopic (exact) mass is 428 g/mol. The number of ether oxygens (including phenoxy) is 1. The van der Waals surface area contributed by atoms with Crippen molar-refractivity contribution in [1.29, 1.82) is 0 Å². The van der Waals surface area contributed by atoms with Gasteiger partial charge in [0.1, 0.15) is 11.6 Å². The zero-order valence-electron chi connectivity index (χ0n) is 18.8. The highest BCUT2D eigenvalue weighted by molar-refractivity contribution is 5.93. The second kappa shape index (κ2) is 7.45. The van der Waals surface area contributed by atoms with Crippen molar-refractivity contribution in [3.05, 3.63) is 0 Å². The molecule has 8 heteroatoms. The van der Waals surface area contributed by atoms with Crippen LogP contribution < -0.4 is 5.32 Å². The van der Waals surface area contributed by atoms with Gasteiger partial charge in [-0.15, -0.1) is 0 Å². The van der Waals surface area contributed by atoms with Crippen LogP contribution >= 0.6 is 0 Å². The van der Waals surface area contributed by atoms with Crippen LogP contribution in [-0.4, -0.2) is 52.8 Å². The van der Waals surface area contributed by atoms with Crippen LogP contribution in [0.15, 0.2) is 0 Å². The van der Waals surface area contributed by atoms with E-state index < -0.39 is 35.6 Å². The molecule has 3 fully saturated rings. The van der Waals surface area contributed by atoms with Gasteiger partial charge < -0.3 is 15.0 Å². The third-order valence-electron chi connectivity index (χ3n) is 7.08. The van der Waals surface area contributed by atoms with E-state index >= 15 is 0 Å². The van der Waals surface area contributed by atoms with Gasteiger partial charge in [-0.25, -0.2) is 13.6 Å². The summed E-state index contributed by atoms with van der Waals surface area (Å²) < 4.78 is 32.7. The van der Waals surface area contributed by atoms with Crippen molar-refractivity contribution in [3.8, 4) is 0 Å². The maximum absolute atomic E-state index is 13.7. The molecule has 2 amide bonds. The van der Waals surface area contributed by atoms with Gasteiger partial charge in [-0.1, -0.05) is 13.8 Å². The summed E-state index contributed by atoms with van der Waals surface area (Å²) in [6.45, 7) is 11.3. The Bertz CT molecular complexity index is 721. The number of likely N-dealkylation sites (tertiary alicyclic amines) is 1. The van der Waals surface area contributed by atoms with Gasteiger partial charge in [0.25, 0.3) is 0 Å². The lowest BCUT2D eigenvalue weighted by Gasteiger charge is -2.38. The van der Waals surface area contributed by atoms with Crippen LogP contribution in [0.5, 0.6) is 0 Å². The number of carbonyl (C=O) groups excluding carboxylic acids is 3. The minimum atomic E-state index is -2.74. The molecule has 0 aromatic heterocycles. The van der Waals surface area contributed by atoms with E-state index in [1.54, 1.807) is 25.7 Å². The molecule has 1 N–H and O–H groups in total. The number of piperidine rings is 1. The molecule has 170 valence electrons. The van der Waals surface area contributed by atoms with E-state index in [0.29, 0.717) is 6.54 Å². The number of hydrogen-bond acceptors (Lipinski definition) is 4. The van der Waals surface area contributed by atoms with Crippen LogP contribution in [-0.2, 0) is 14.3 Å². The SMILES string of the molecule is CC(=O)C1[C@@H]2[C@H](CN1C(=O)[C@@H](NC(=O)OC(C)(C)C)C1CCC(F)(F)CC1)C2(C)C. The molecule has 2 saturated carbocycles. The summed E-state index contributed by atoms with van der Waals surface area (Å²) in [6, 6.07) is -1.50. The third kappa shape index (κ3) is 4.47. The van der Waals surface area contributed by atoms with Gasteiger partial charge in [0, 0.05) is 19.4 Å². The number of nitrogens with zero attached hydrogens (tertiary/aromatic N) is 1. The maximum atomic E-state index is 13.7. The topological polar surface area (TPSA) is 75.7 Å². The zero-order chi connectivity index (χ0) is 22.6. The van der Waals surface area contributed by atoms with Crippen molar-refractivity contribution in [2.75, 3.05) is 6.54 Å². The van der Waals surface area contributed by atoms with Crippen LogP contribution in [0, 0.1) is 23.2 Å². The van der Waals surface area contributed by atoms with E-state index in [0.717, 1.165) is 0 Å². The molecule has 3 rings (SSSR count). The van der Waals surface area contributed by atoms with E-state index in [1.807, 2.05) is 0 Å². The molecular weight excluding hydrogens is 394 g/mol. The molecule has 0 radical (unpaired) electrons. The first kappa shape index (κ1) is 22.9. The Hall–Kier alpha value is -1.73. The molecule has 0 aromatic rings. The van der Waals surface area contributed by atoms with Crippen molar-refractivity contribution >= 4 is 17.8 Å². The zero-order valence-corrected chi connectivity index (χ0v) is 18.8. The largest absolute Gasteiger partial charge is 0.444 e. The van der Waals surface area contributed by atoms with Gasteiger partial charge in [-0.3, -0.25) is 9.59 Å². The fourth-order valence-electron chi connectivity index (χ4n) is 5.37. The van der Waals surface area contributed by atoms with E-state index in [4.69, 9.17) is 4.74 Å². The van der Waals surface area contributed by atoms with Crippen molar-refractivity contribution in [1.82, 2.24) is 10.2 Å². The number of hydrogen-bond donors (Lipinski definition) is 1. The standard InChI is InChI=1S/C22H34F2N2O4/c1-12(27)17-15-14(21(15,5)6)11-26(17)18(28)16(25-19(29)30-20(2,3)4)13-7-9-22(23,24)10-8-13/h13-17H,7-11H2,1-6H3,(H,25,29)/t14-,15-,16-,17?/m0/s1. The third-order valence-corrected chi connectivity index (χ3v) is 7.08. The van der Waals surface area contributed by atoms with E-state index in [-0.39, 0.29) is 54.6 Å². The highest BCUT2D eigenvalue weighted by Crippen LogP contribution is 2.65. The first-order valence-electron chi connectivity index (χ1n) is 10.8. The quantitative estimate of drug-likeness (QED) is 0.740.